The number of aliphatic imine (C=N–C) groups is 1. The van der Waals surface area contributed by atoms with E-state index in [1.807, 2.05) is 66.7 Å². The third-order valence-corrected chi connectivity index (χ3v) is 3.93. The molecule has 26 heavy (non-hydrogen) atoms. The lowest BCUT2D eigenvalue weighted by Crippen LogP contribution is -2.15. The summed E-state index contributed by atoms with van der Waals surface area (Å²) >= 11 is 0. The van der Waals surface area contributed by atoms with Crippen molar-refractivity contribution in [3.63, 3.8) is 0 Å². The van der Waals surface area contributed by atoms with Gasteiger partial charge in [-0.2, -0.15) is 0 Å². The van der Waals surface area contributed by atoms with Gasteiger partial charge in [-0.25, -0.2) is 4.99 Å². The van der Waals surface area contributed by atoms with Gasteiger partial charge in [0.25, 0.3) is 0 Å². The van der Waals surface area contributed by atoms with Crippen molar-refractivity contribution in [1.29, 1.82) is 0 Å². The molecule has 4 nitrogen and oxygen atoms in total. The Morgan fingerprint density at radius 1 is 0.692 bits per heavy atom. The third-order valence-electron chi connectivity index (χ3n) is 3.93. The normalized spacial score (nSPS) is 11.1. The zero-order chi connectivity index (χ0) is 18.4. The number of hydrogen-bond donors (Lipinski definition) is 0. The maximum absolute atomic E-state index is 13.0. The smallest absolute Gasteiger partial charge is 0.211 e. The summed E-state index contributed by atoms with van der Waals surface area (Å²) in [6, 6.07) is 23.7. The van der Waals surface area contributed by atoms with Gasteiger partial charge in [0, 0.05) is 11.1 Å². The number of nitrogens with zero attached hydrogens (tertiary/aromatic N) is 1. The Kier molecular flexibility index (Phi) is 5.44. The predicted octanol–water partition coefficient (Wildman–Crippen LogP) is 4.71. The Morgan fingerprint density at radius 2 is 1.23 bits per heavy atom. The van der Waals surface area contributed by atoms with Crippen LogP contribution in [0.25, 0.3) is 0 Å². The van der Waals surface area contributed by atoms with E-state index in [9.17, 15) is 4.79 Å². The average Bonchev–Trinajstić information content (AvgIpc) is 2.73. The van der Waals surface area contributed by atoms with Crippen LogP contribution in [0.1, 0.15) is 15.9 Å². The summed E-state index contributed by atoms with van der Waals surface area (Å²) in [5, 5.41) is 0. The monoisotopic (exact) mass is 345 g/mol. The Labute approximate surface area is 152 Å². The molecular weight excluding hydrogens is 326 g/mol. The first-order valence-electron chi connectivity index (χ1n) is 8.18. The van der Waals surface area contributed by atoms with Gasteiger partial charge in [0.15, 0.2) is 0 Å². The second-order valence-electron chi connectivity index (χ2n) is 5.58. The van der Waals surface area contributed by atoms with E-state index in [0.29, 0.717) is 17.0 Å². The maximum atomic E-state index is 13.0. The summed E-state index contributed by atoms with van der Waals surface area (Å²) in [5.74, 6) is 1.33. The molecule has 130 valence electrons. The summed E-state index contributed by atoms with van der Waals surface area (Å²) in [5.41, 5.74) is 2.39. The lowest BCUT2D eigenvalue weighted by atomic mass is 10.0. The fraction of sp³-hybridized carbons (Fsp3) is 0.0909. The summed E-state index contributed by atoms with van der Waals surface area (Å²) in [6.07, 6.45) is 0. The molecule has 0 saturated carbocycles. The number of ether oxygens (including phenoxy) is 2. The summed E-state index contributed by atoms with van der Waals surface area (Å²) < 4.78 is 10.4. The highest BCUT2D eigenvalue weighted by molar-refractivity contribution is 6.51. The van der Waals surface area contributed by atoms with Crippen LogP contribution in [0.5, 0.6) is 11.5 Å². The molecule has 0 aliphatic rings. The van der Waals surface area contributed by atoms with Gasteiger partial charge < -0.3 is 9.47 Å². The standard InChI is InChI=1S/C22H19NO3/c1-25-19-12-8-16(9-13-19)21(22(24)17-6-4-3-5-7-17)23-18-10-14-20(26-2)15-11-18/h3-15H,1-2H3. The zero-order valence-electron chi connectivity index (χ0n) is 14.7. The van der Waals surface area contributed by atoms with Crippen LogP contribution in [0.4, 0.5) is 5.69 Å². The molecule has 4 heteroatoms. The van der Waals surface area contributed by atoms with E-state index in [4.69, 9.17) is 9.47 Å². The van der Waals surface area contributed by atoms with Crippen molar-refractivity contribution in [3.05, 3.63) is 90.0 Å². The van der Waals surface area contributed by atoms with E-state index in [-0.39, 0.29) is 5.78 Å². The molecule has 0 saturated heterocycles. The SMILES string of the molecule is COc1ccc(N=C(C(=O)c2ccccc2)c2ccc(OC)cc2)cc1. The van der Waals surface area contributed by atoms with Crippen LogP contribution in [-0.2, 0) is 0 Å². The molecule has 0 unspecified atom stereocenters. The van der Waals surface area contributed by atoms with Crippen molar-refractivity contribution in [2.75, 3.05) is 14.2 Å². The quantitative estimate of drug-likeness (QED) is 0.480. The summed E-state index contributed by atoms with van der Waals surface area (Å²) in [7, 11) is 3.22. The van der Waals surface area contributed by atoms with E-state index in [1.54, 1.807) is 26.4 Å². The van der Waals surface area contributed by atoms with Crippen LogP contribution in [-0.4, -0.2) is 25.7 Å². The number of hydrogen-bond acceptors (Lipinski definition) is 4. The van der Waals surface area contributed by atoms with E-state index in [2.05, 4.69) is 4.99 Å². The van der Waals surface area contributed by atoms with E-state index in [0.717, 1.165) is 17.1 Å². The molecule has 3 rings (SSSR count). The zero-order valence-corrected chi connectivity index (χ0v) is 14.7. The van der Waals surface area contributed by atoms with Crippen molar-refractivity contribution in [2.24, 2.45) is 4.99 Å². The molecule has 0 aliphatic carbocycles. The van der Waals surface area contributed by atoms with Crippen molar-refractivity contribution in [2.45, 2.75) is 0 Å². The minimum absolute atomic E-state index is 0.133. The van der Waals surface area contributed by atoms with Gasteiger partial charge in [0.05, 0.1) is 19.9 Å². The predicted molar refractivity (Wildman–Crippen MR) is 103 cm³/mol. The lowest BCUT2D eigenvalue weighted by molar-refractivity contribution is 0.106. The van der Waals surface area contributed by atoms with Crippen LogP contribution in [0.3, 0.4) is 0 Å². The van der Waals surface area contributed by atoms with Crippen molar-refractivity contribution in [1.82, 2.24) is 0 Å². The minimum Gasteiger partial charge on any atom is -0.497 e. The Hall–Kier alpha value is -3.40. The fourth-order valence-electron chi connectivity index (χ4n) is 2.51. The molecule has 0 N–H and O–H groups in total. The summed E-state index contributed by atoms with van der Waals surface area (Å²) in [6.45, 7) is 0. The van der Waals surface area contributed by atoms with E-state index >= 15 is 0 Å². The van der Waals surface area contributed by atoms with Crippen LogP contribution in [0.2, 0.25) is 0 Å². The number of Topliss-reactive ketones (excluding diaryl/α,β-unsaturated/α-hetero) is 1. The molecule has 0 radical (unpaired) electrons. The highest BCUT2D eigenvalue weighted by atomic mass is 16.5. The van der Waals surface area contributed by atoms with Crippen molar-refractivity contribution < 1.29 is 14.3 Å². The number of carbonyl (C=O) groups excluding carboxylic acids is 1. The molecule has 0 heterocycles. The van der Waals surface area contributed by atoms with Gasteiger partial charge in [-0.1, -0.05) is 30.3 Å². The molecule has 0 amide bonds. The second kappa shape index (κ2) is 8.12. The van der Waals surface area contributed by atoms with E-state index in [1.165, 1.54) is 0 Å². The van der Waals surface area contributed by atoms with Crippen molar-refractivity contribution in [3.8, 4) is 11.5 Å². The number of carbonyl (C=O) groups is 1. The van der Waals surface area contributed by atoms with Crippen molar-refractivity contribution >= 4 is 17.2 Å². The van der Waals surface area contributed by atoms with Gasteiger partial charge in [-0.15, -0.1) is 0 Å². The topological polar surface area (TPSA) is 47.9 Å². The third kappa shape index (κ3) is 3.98. The van der Waals surface area contributed by atoms with Crippen LogP contribution in [0.15, 0.2) is 83.9 Å². The van der Waals surface area contributed by atoms with Crippen LogP contribution < -0.4 is 9.47 Å². The Balaban J connectivity index is 2.05. The fourth-order valence-corrected chi connectivity index (χ4v) is 2.51. The Bertz CT molecular complexity index is 898. The molecule has 0 aromatic heterocycles. The van der Waals surface area contributed by atoms with Crippen LogP contribution in [0, 0.1) is 0 Å². The maximum Gasteiger partial charge on any atom is 0.211 e. The number of ketones is 1. The molecule has 3 aromatic rings. The molecule has 0 aliphatic heterocycles. The van der Waals surface area contributed by atoms with Gasteiger partial charge in [0.2, 0.25) is 5.78 Å². The number of methoxy groups -OCH3 is 2. The average molecular weight is 345 g/mol. The highest BCUT2D eigenvalue weighted by Gasteiger charge is 2.16. The Morgan fingerprint density at radius 3 is 1.77 bits per heavy atom. The summed E-state index contributed by atoms with van der Waals surface area (Å²) in [4.78, 5) is 17.6. The first kappa shape index (κ1) is 17.4. The largest absolute Gasteiger partial charge is 0.497 e. The molecule has 0 atom stereocenters. The molecule has 0 bridgehead atoms. The van der Waals surface area contributed by atoms with E-state index < -0.39 is 0 Å². The molecule has 0 spiro atoms. The number of benzene rings is 3. The lowest BCUT2D eigenvalue weighted by Gasteiger charge is -2.08. The number of rotatable bonds is 6. The molecular formula is C22H19NO3. The van der Waals surface area contributed by atoms with Gasteiger partial charge in [-0.05, 0) is 48.5 Å². The first-order valence-corrected chi connectivity index (χ1v) is 8.18. The highest BCUT2D eigenvalue weighted by Crippen LogP contribution is 2.21. The van der Waals surface area contributed by atoms with Crippen LogP contribution >= 0.6 is 0 Å². The molecule has 3 aromatic carbocycles. The molecule has 0 fully saturated rings. The van der Waals surface area contributed by atoms with Gasteiger partial charge >= 0.3 is 0 Å². The first-order chi connectivity index (χ1) is 12.7. The van der Waals surface area contributed by atoms with Gasteiger partial charge in [0.1, 0.15) is 17.2 Å². The minimum atomic E-state index is -0.133. The second-order valence-corrected chi connectivity index (χ2v) is 5.58. The van der Waals surface area contributed by atoms with Gasteiger partial charge in [-0.3, -0.25) is 4.79 Å².